The van der Waals surface area contributed by atoms with Gasteiger partial charge < -0.3 is 10.2 Å². The van der Waals surface area contributed by atoms with Gasteiger partial charge in [-0.05, 0) is 104 Å². The van der Waals surface area contributed by atoms with Crippen molar-refractivity contribution in [2.75, 3.05) is 0 Å². The van der Waals surface area contributed by atoms with Crippen molar-refractivity contribution in [2.45, 2.75) is 117 Å². The number of hydrogen-bond donors (Lipinski definition) is 2. The van der Waals surface area contributed by atoms with Gasteiger partial charge >= 0.3 is 0 Å². The van der Waals surface area contributed by atoms with Crippen molar-refractivity contribution >= 4 is 0 Å². The van der Waals surface area contributed by atoms with E-state index in [1.54, 1.807) is 0 Å². The Morgan fingerprint density at radius 1 is 0.862 bits per heavy atom. The number of fused-ring (bicyclic) bond motifs is 5. The second kappa shape index (κ2) is 8.12. The molecule has 0 spiro atoms. The van der Waals surface area contributed by atoms with Gasteiger partial charge in [0, 0.05) is 0 Å². The van der Waals surface area contributed by atoms with Crippen molar-refractivity contribution in [3.8, 4) is 0 Å². The summed E-state index contributed by atoms with van der Waals surface area (Å²) in [6.45, 7) is 12.2. The number of aliphatic hydroxyl groups is 2. The van der Waals surface area contributed by atoms with Crippen LogP contribution >= 0.6 is 0 Å². The third-order valence-electron chi connectivity index (χ3n) is 10.9. The molecular weight excluding hydrogens is 356 g/mol. The van der Waals surface area contributed by atoms with Crippen LogP contribution in [0.1, 0.15) is 105 Å². The maximum absolute atomic E-state index is 11.6. The Balaban J connectivity index is 1.51. The van der Waals surface area contributed by atoms with Crippen LogP contribution in [0, 0.1) is 52.3 Å². The fourth-order valence-corrected chi connectivity index (χ4v) is 9.21. The first-order valence-corrected chi connectivity index (χ1v) is 13.0. The van der Waals surface area contributed by atoms with E-state index >= 15 is 0 Å². The van der Waals surface area contributed by atoms with Gasteiger partial charge in [-0.25, -0.2) is 0 Å². The lowest BCUT2D eigenvalue weighted by Gasteiger charge is -2.62. The summed E-state index contributed by atoms with van der Waals surface area (Å²) in [5.41, 5.74) is 0.487. The Hall–Kier alpha value is -0.0800. The lowest BCUT2D eigenvalue weighted by Crippen LogP contribution is -2.58. The van der Waals surface area contributed by atoms with E-state index in [-0.39, 0.29) is 17.6 Å². The summed E-state index contributed by atoms with van der Waals surface area (Å²) in [7, 11) is 0. The van der Waals surface area contributed by atoms with Crippen LogP contribution < -0.4 is 0 Å². The maximum Gasteiger partial charge on any atom is 0.0602 e. The van der Waals surface area contributed by atoms with E-state index < -0.39 is 0 Å². The van der Waals surface area contributed by atoms with Gasteiger partial charge in [0.25, 0.3) is 0 Å². The number of rotatable bonds is 5. The lowest BCUT2D eigenvalue weighted by molar-refractivity contribution is -0.174. The molecule has 168 valence electrons. The third kappa shape index (κ3) is 3.63. The van der Waals surface area contributed by atoms with Crippen LogP contribution in [0.15, 0.2) is 0 Å². The Morgan fingerprint density at radius 3 is 2.34 bits per heavy atom. The van der Waals surface area contributed by atoms with Crippen molar-refractivity contribution in [3.05, 3.63) is 0 Å². The SMILES string of the molecule is CC(C)CCC[C@@H](C)[C@H]1CC[C@H]2[C@@H]3CCC4CC(O)CC[C@]4(C)[C@H]3CC(O)[C@]12C. The molecule has 4 rings (SSSR count). The average molecular weight is 405 g/mol. The Morgan fingerprint density at radius 2 is 1.62 bits per heavy atom. The molecule has 0 saturated heterocycles. The average Bonchev–Trinajstić information content (AvgIpc) is 3.02. The molecule has 4 aliphatic rings. The van der Waals surface area contributed by atoms with Gasteiger partial charge in [-0.15, -0.1) is 0 Å². The van der Waals surface area contributed by atoms with Crippen molar-refractivity contribution in [3.63, 3.8) is 0 Å². The third-order valence-corrected chi connectivity index (χ3v) is 10.9. The van der Waals surface area contributed by atoms with Gasteiger partial charge in [0.1, 0.15) is 0 Å². The standard InChI is InChI=1S/C27H48O2/c1-17(2)7-6-8-18(3)22-11-12-23-21-10-9-19-15-20(28)13-14-26(19,4)24(21)16-25(29)27(22,23)5/h17-25,28-29H,6-16H2,1-5H3/t18-,19?,20?,21+,22-,23+,24+,25?,26+,27-/m1/s1. The normalized spacial score (nSPS) is 50.7. The van der Waals surface area contributed by atoms with Crippen LogP contribution in [-0.2, 0) is 0 Å². The van der Waals surface area contributed by atoms with Crippen molar-refractivity contribution in [2.24, 2.45) is 52.3 Å². The van der Waals surface area contributed by atoms with Crippen LogP contribution in [0.3, 0.4) is 0 Å². The maximum atomic E-state index is 11.6. The molecule has 4 fully saturated rings. The summed E-state index contributed by atoms with van der Waals surface area (Å²) in [4.78, 5) is 0. The van der Waals surface area contributed by atoms with Gasteiger partial charge in [0.15, 0.2) is 0 Å². The van der Waals surface area contributed by atoms with Gasteiger partial charge in [-0.1, -0.05) is 53.9 Å². The zero-order valence-electron chi connectivity index (χ0n) is 19.9. The minimum Gasteiger partial charge on any atom is -0.393 e. The molecule has 0 aromatic carbocycles. The van der Waals surface area contributed by atoms with Gasteiger partial charge in [-0.2, -0.15) is 0 Å². The Kier molecular flexibility index (Phi) is 6.19. The molecule has 0 aromatic heterocycles. The van der Waals surface area contributed by atoms with E-state index in [2.05, 4.69) is 34.6 Å². The summed E-state index contributed by atoms with van der Waals surface area (Å²) in [5, 5.41) is 21.9. The molecule has 0 bridgehead atoms. The predicted octanol–water partition coefficient (Wildman–Crippen LogP) is 6.44. The lowest BCUT2D eigenvalue weighted by atomic mass is 9.43. The van der Waals surface area contributed by atoms with Gasteiger partial charge in [0.2, 0.25) is 0 Å². The molecule has 0 radical (unpaired) electrons. The van der Waals surface area contributed by atoms with Crippen molar-refractivity contribution in [1.29, 1.82) is 0 Å². The molecule has 4 aliphatic carbocycles. The highest BCUT2D eigenvalue weighted by molar-refractivity contribution is 5.12. The first kappa shape index (κ1) is 22.1. The fraction of sp³-hybridized carbons (Fsp3) is 1.00. The fourth-order valence-electron chi connectivity index (χ4n) is 9.21. The molecule has 2 N–H and O–H groups in total. The molecule has 2 nitrogen and oxygen atoms in total. The van der Waals surface area contributed by atoms with E-state index in [1.807, 2.05) is 0 Å². The van der Waals surface area contributed by atoms with E-state index in [0.29, 0.717) is 23.2 Å². The summed E-state index contributed by atoms with van der Waals surface area (Å²) in [5.74, 6) is 5.14. The van der Waals surface area contributed by atoms with Crippen LogP contribution in [-0.4, -0.2) is 22.4 Å². The topological polar surface area (TPSA) is 40.5 Å². The predicted molar refractivity (Wildman–Crippen MR) is 120 cm³/mol. The van der Waals surface area contributed by atoms with Crippen molar-refractivity contribution in [1.82, 2.24) is 0 Å². The zero-order valence-corrected chi connectivity index (χ0v) is 19.9. The Bertz CT molecular complexity index is 573. The van der Waals surface area contributed by atoms with E-state index in [4.69, 9.17) is 0 Å². The number of aliphatic hydroxyl groups excluding tert-OH is 2. The molecule has 2 heteroatoms. The quantitative estimate of drug-likeness (QED) is 0.553. The highest BCUT2D eigenvalue weighted by atomic mass is 16.3. The highest BCUT2D eigenvalue weighted by Gasteiger charge is 2.63. The molecule has 0 aromatic rings. The van der Waals surface area contributed by atoms with Crippen LogP contribution in [0.25, 0.3) is 0 Å². The molecule has 0 amide bonds. The molecule has 3 unspecified atom stereocenters. The second-order valence-corrected chi connectivity index (χ2v) is 12.7. The molecule has 4 saturated carbocycles. The molecule has 0 heterocycles. The van der Waals surface area contributed by atoms with E-state index in [9.17, 15) is 10.2 Å². The van der Waals surface area contributed by atoms with Crippen molar-refractivity contribution < 1.29 is 10.2 Å². The summed E-state index contributed by atoms with van der Waals surface area (Å²) in [6.07, 6.45) is 13.3. The monoisotopic (exact) mass is 404 g/mol. The second-order valence-electron chi connectivity index (χ2n) is 12.7. The molecular formula is C27H48O2. The summed E-state index contributed by atoms with van der Waals surface area (Å²) < 4.78 is 0. The van der Waals surface area contributed by atoms with Crippen LogP contribution in [0.4, 0.5) is 0 Å². The smallest absolute Gasteiger partial charge is 0.0602 e. The largest absolute Gasteiger partial charge is 0.393 e. The first-order chi connectivity index (χ1) is 13.7. The van der Waals surface area contributed by atoms with E-state index in [0.717, 1.165) is 42.9 Å². The highest BCUT2D eigenvalue weighted by Crippen LogP contribution is 2.68. The Labute approximate surface area is 180 Å². The molecule has 10 atom stereocenters. The van der Waals surface area contributed by atoms with Gasteiger partial charge in [0.05, 0.1) is 12.2 Å². The van der Waals surface area contributed by atoms with Crippen LogP contribution in [0.2, 0.25) is 0 Å². The van der Waals surface area contributed by atoms with E-state index in [1.165, 1.54) is 51.4 Å². The van der Waals surface area contributed by atoms with Gasteiger partial charge in [-0.3, -0.25) is 0 Å². The summed E-state index contributed by atoms with van der Waals surface area (Å²) >= 11 is 0. The first-order valence-electron chi connectivity index (χ1n) is 13.0. The zero-order chi connectivity index (χ0) is 21.0. The summed E-state index contributed by atoms with van der Waals surface area (Å²) in [6, 6.07) is 0. The molecule has 0 aliphatic heterocycles. The van der Waals surface area contributed by atoms with Crippen LogP contribution in [0.5, 0.6) is 0 Å². The minimum absolute atomic E-state index is 0.0778. The molecule has 29 heavy (non-hydrogen) atoms. The minimum atomic E-state index is -0.128. The number of hydrogen-bond acceptors (Lipinski definition) is 2.